The summed E-state index contributed by atoms with van der Waals surface area (Å²) in [6.45, 7) is 4.00. The molecule has 1 atom stereocenters. The fourth-order valence-electron chi connectivity index (χ4n) is 3.99. The van der Waals surface area contributed by atoms with Crippen molar-refractivity contribution >= 4 is 35.2 Å². The first-order chi connectivity index (χ1) is 17.8. The molecule has 0 unspecified atom stereocenters. The van der Waals surface area contributed by atoms with E-state index in [1.165, 1.54) is 19.0 Å². The zero-order valence-electron chi connectivity index (χ0n) is 21.7. The number of amides is 2. The lowest BCUT2D eigenvalue weighted by atomic mass is 9.83. The summed E-state index contributed by atoms with van der Waals surface area (Å²) >= 11 is 12.5. The summed E-state index contributed by atoms with van der Waals surface area (Å²) < 4.78 is 44.7. The topological polar surface area (TPSA) is 61.9 Å². The number of likely N-dealkylation sites (N-methyl/N-ethyl adjacent to an activating group) is 2. The van der Waals surface area contributed by atoms with Gasteiger partial charge in [-0.2, -0.15) is 13.2 Å². The third kappa shape index (κ3) is 8.84. The number of hydrogen-bond acceptors (Lipinski definition) is 4. The second-order valence-corrected chi connectivity index (χ2v) is 9.81. The van der Waals surface area contributed by atoms with Crippen LogP contribution in [0.15, 0.2) is 54.7 Å². The molecule has 0 radical (unpaired) electrons. The Kier molecular flexibility index (Phi) is 11.3. The minimum atomic E-state index is -4.68. The lowest BCUT2D eigenvalue weighted by Crippen LogP contribution is -2.55. The molecule has 0 saturated heterocycles. The van der Waals surface area contributed by atoms with Crippen LogP contribution >= 0.6 is 23.2 Å². The van der Waals surface area contributed by atoms with Crippen molar-refractivity contribution in [1.82, 2.24) is 15.1 Å². The fraction of sp³-hybridized carbons (Fsp3) is 0.407. The highest BCUT2D eigenvalue weighted by atomic mass is 35.5. The molecule has 2 aromatic rings. The number of nitrogens with one attached hydrogen (secondary N) is 1. The first-order valence-electron chi connectivity index (χ1n) is 11.9. The van der Waals surface area contributed by atoms with Gasteiger partial charge in [0.2, 0.25) is 5.91 Å². The van der Waals surface area contributed by atoms with Crippen LogP contribution in [0.2, 0.25) is 10.0 Å². The lowest BCUT2D eigenvalue weighted by molar-refractivity contribution is -0.161. The summed E-state index contributed by atoms with van der Waals surface area (Å²) in [7, 11) is 2.76. The third-order valence-corrected chi connectivity index (χ3v) is 6.81. The predicted molar refractivity (Wildman–Crippen MR) is 143 cm³/mol. The molecule has 0 fully saturated rings. The van der Waals surface area contributed by atoms with Gasteiger partial charge in [0, 0.05) is 27.2 Å². The molecule has 2 amide bonds. The Morgan fingerprint density at radius 1 is 1.05 bits per heavy atom. The second kappa shape index (κ2) is 13.8. The van der Waals surface area contributed by atoms with Gasteiger partial charge in [0.15, 0.2) is 0 Å². The Morgan fingerprint density at radius 2 is 1.71 bits per heavy atom. The molecule has 1 N–H and O–H groups in total. The Hall–Kier alpha value is -2.91. The summed E-state index contributed by atoms with van der Waals surface area (Å²) in [5, 5.41) is 3.58. The maximum Gasteiger partial charge on any atom is 0.415 e. The molecule has 0 aliphatic carbocycles. The van der Waals surface area contributed by atoms with Crippen LogP contribution in [0.5, 0.6) is 5.75 Å². The molecule has 0 bridgehead atoms. The Morgan fingerprint density at radius 3 is 2.29 bits per heavy atom. The second-order valence-electron chi connectivity index (χ2n) is 9.00. The van der Waals surface area contributed by atoms with Gasteiger partial charge in [-0.15, -0.1) is 0 Å². The van der Waals surface area contributed by atoms with Crippen LogP contribution in [-0.4, -0.2) is 55.2 Å². The molecular weight excluding hydrogens is 542 g/mol. The lowest BCUT2D eigenvalue weighted by Gasteiger charge is -2.44. The number of carbonyl (C=O) groups is 2. The summed E-state index contributed by atoms with van der Waals surface area (Å²) in [4.78, 5) is 28.2. The summed E-state index contributed by atoms with van der Waals surface area (Å²) in [6, 6.07) is 11.6. The van der Waals surface area contributed by atoms with Crippen LogP contribution in [0.3, 0.4) is 0 Å². The molecule has 0 aromatic heterocycles. The highest BCUT2D eigenvalue weighted by Gasteiger charge is 2.43. The van der Waals surface area contributed by atoms with E-state index in [0.717, 1.165) is 10.5 Å². The first kappa shape index (κ1) is 31.3. The quantitative estimate of drug-likeness (QED) is 0.296. The van der Waals surface area contributed by atoms with E-state index in [1.54, 1.807) is 48.7 Å². The van der Waals surface area contributed by atoms with Gasteiger partial charge in [-0.25, -0.2) is 4.79 Å². The highest BCUT2D eigenvalue weighted by molar-refractivity contribution is 6.42. The number of allylic oxidation sites excluding steroid dienone is 1. The van der Waals surface area contributed by atoms with E-state index in [2.05, 4.69) is 5.32 Å². The zero-order valence-corrected chi connectivity index (χ0v) is 23.3. The highest BCUT2D eigenvalue weighted by Crippen LogP contribution is 2.38. The Balaban J connectivity index is 2.54. The van der Waals surface area contributed by atoms with Gasteiger partial charge in [-0.3, -0.25) is 9.69 Å². The average Bonchev–Trinajstić information content (AvgIpc) is 2.84. The molecule has 0 saturated carbocycles. The van der Waals surface area contributed by atoms with Gasteiger partial charge in [-0.1, -0.05) is 53.0 Å². The molecule has 0 aliphatic heterocycles. The van der Waals surface area contributed by atoms with Crippen LogP contribution in [0.4, 0.5) is 18.0 Å². The number of aryl methyl sites for hydroxylation is 1. The van der Waals surface area contributed by atoms with Crippen molar-refractivity contribution in [2.75, 3.05) is 27.2 Å². The molecule has 38 heavy (non-hydrogen) atoms. The SMILES string of the molecule is C/C=C\NCCC[C@@](CN(C)C(=O)CC(F)(F)F)(c1ccc(Cl)c(Cl)c1)N(C)C(=O)Oc1ccc(C)cc1. The molecule has 2 aromatic carbocycles. The van der Waals surface area contributed by atoms with E-state index in [1.807, 2.05) is 19.9 Å². The van der Waals surface area contributed by atoms with Crippen molar-refractivity contribution in [3.63, 3.8) is 0 Å². The number of alkyl halides is 3. The van der Waals surface area contributed by atoms with Gasteiger partial charge < -0.3 is 15.0 Å². The minimum Gasteiger partial charge on any atom is -0.410 e. The smallest absolute Gasteiger partial charge is 0.410 e. The number of ether oxygens (including phenoxy) is 1. The van der Waals surface area contributed by atoms with Crippen LogP contribution in [0.25, 0.3) is 0 Å². The maximum atomic E-state index is 13.4. The number of benzene rings is 2. The van der Waals surface area contributed by atoms with E-state index in [0.29, 0.717) is 24.3 Å². The number of hydrogen-bond donors (Lipinski definition) is 1. The monoisotopic (exact) mass is 573 g/mol. The van der Waals surface area contributed by atoms with E-state index in [9.17, 15) is 22.8 Å². The van der Waals surface area contributed by atoms with Crippen LogP contribution in [-0.2, 0) is 10.3 Å². The van der Waals surface area contributed by atoms with E-state index < -0.39 is 30.1 Å². The largest absolute Gasteiger partial charge is 0.415 e. The van der Waals surface area contributed by atoms with Gasteiger partial charge in [-0.05, 0) is 62.7 Å². The summed E-state index contributed by atoms with van der Waals surface area (Å²) in [5.41, 5.74) is 0.165. The molecule has 0 heterocycles. The maximum absolute atomic E-state index is 13.4. The zero-order chi connectivity index (χ0) is 28.5. The van der Waals surface area contributed by atoms with Gasteiger partial charge in [0.25, 0.3) is 0 Å². The van der Waals surface area contributed by atoms with Gasteiger partial charge in [0.05, 0.1) is 15.6 Å². The van der Waals surface area contributed by atoms with Crippen molar-refractivity contribution in [2.45, 2.75) is 44.8 Å². The minimum absolute atomic E-state index is 0.199. The fourth-order valence-corrected chi connectivity index (χ4v) is 4.29. The molecule has 11 heteroatoms. The Bertz CT molecular complexity index is 1130. The molecule has 2 rings (SSSR count). The third-order valence-electron chi connectivity index (χ3n) is 6.07. The average molecular weight is 574 g/mol. The molecular formula is C27H32Cl2F3N3O3. The van der Waals surface area contributed by atoms with E-state index in [4.69, 9.17) is 27.9 Å². The Labute approximate surface area is 231 Å². The van der Waals surface area contributed by atoms with Crippen molar-refractivity contribution < 1.29 is 27.5 Å². The summed E-state index contributed by atoms with van der Waals surface area (Å²) in [5.74, 6) is -0.832. The summed E-state index contributed by atoms with van der Waals surface area (Å²) in [6.07, 6.45) is -2.72. The van der Waals surface area contributed by atoms with E-state index >= 15 is 0 Å². The number of nitrogens with zero attached hydrogens (tertiary/aromatic N) is 2. The van der Waals surface area contributed by atoms with Crippen LogP contribution in [0, 0.1) is 6.92 Å². The molecule has 208 valence electrons. The van der Waals surface area contributed by atoms with Crippen molar-refractivity contribution in [3.05, 3.63) is 75.9 Å². The molecule has 6 nitrogen and oxygen atoms in total. The normalized spacial score (nSPS) is 13.2. The van der Waals surface area contributed by atoms with Crippen LogP contribution < -0.4 is 10.1 Å². The van der Waals surface area contributed by atoms with E-state index in [-0.39, 0.29) is 23.0 Å². The van der Waals surface area contributed by atoms with Gasteiger partial charge >= 0.3 is 12.3 Å². The first-order valence-corrected chi connectivity index (χ1v) is 12.7. The van der Waals surface area contributed by atoms with Gasteiger partial charge in [0.1, 0.15) is 12.2 Å². The predicted octanol–water partition coefficient (Wildman–Crippen LogP) is 6.94. The molecule has 0 aliphatic rings. The number of carbonyl (C=O) groups excluding carboxylic acids is 2. The standard InChI is InChI=1S/C27H32Cl2F3N3O3/c1-5-14-33-15-6-13-26(20-9-12-22(28)23(29)16-20,18-34(3)24(36)17-27(30,31)32)35(4)25(37)38-21-10-7-19(2)8-11-21/h5,7-12,14,16,33H,6,13,15,17-18H2,1-4H3/b14-5-/t26-/m1/s1. The van der Waals surface area contributed by atoms with Crippen LogP contribution in [0.1, 0.15) is 37.3 Å². The number of rotatable bonds is 11. The van der Waals surface area contributed by atoms with Crippen molar-refractivity contribution in [3.8, 4) is 5.75 Å². The number of halogens is 5. The van der Waals surface area contributed by atoms with Crippen molar-refractivity contribution in [2.24, 2.45) is 0 Å². The van der Waals surface area contributed by atoms with Crippen molar-refractivity contribution in [1.29, 1.82) is 0 Å². The molecule has 0 spiro atoms.